The molecule has 2 aromatic rings. The minimum absolute atomic E-state index is 0.0652. The van der Waals surface area contributed by atoms with Crippen LogP contribution in [0.5, 0.6) is 0 Å². The number of nitro groups is 1. The number of nitrogens with zero attached hydrogens (tertiary/aromatic N) is 3. The number of pyridine rings is 1. The van der Waals surface area contributed by atoms with Gasteiger partial charge < -0.3 is 10.4 Å². The maximum Gasteiger partial charge on any atom is 0.311 e. The summed E-state index contributed by atoms with van der Waals surface area (Å²) in [6.45, 7) is 1.99. The van der Waals surface area contributed by atoms with Crippen LogP contribution in [0, 0.1) is 17.0 Å². The second-order valence-electron chi connectivity index (χ2n) is 3.82. The molecule has 2 N–H and O–H groups in total. The summed E-state index contributed by atoms with van der Waals surface area (Å²) in [6, 6.07) is 3.02. The number of aliphatic hydroxyl groups excluding tert-OH is 1. The van der Waals surface area contributed by atoms with Crippen molar-refractivity contribution in [2.45, 2.75) is 20.1 Å². The Labute approximate surface area is 113 Å². The van der Waals surface area contributed by atoms with Crippen molar-refractivity contribution in [1.29, 1.82) is 0 Å². The van der Waals surface area contributed by atoms with Crippen molar-refractivity contribution in [1.82, 2.24) is 9.97 Å². The lowest BCUT2D eigenvalue weighted by Gasteiger charge is -2.05. The Hall–Kier alpha value is -2.06. The molecule has 100 valence electrons. The van der Waals surface area contributed by atoms with E-state index in [9.17, 15) is 10.1 Å². The fourth-order valence-corrected chi connectivity index (χ4v) is 2.21. The Morgan fingerprint density at radius 2 is 2.26 bits per heavy atom. The predicted octanol–water partition coefficient (Wildman–Crippen LogP) is 1.86. The maximum atomic E-state index is 10.9. The first-order valence-corrected chi connectivity index (χ1v) is 6.38. The van der Waals surface area contributed by atoms with Crippen LogP contribution in [0.1, 0.15) is 16.4 Å². The molecule has 0 fully saturated rings. The third-order valence-electron chi connectivity index (χ3n) is 2.38. The van der Waals surface area contributed by atoms with Gasteiger partial charge >= 0.3 is 5.69 Å². The van der Waals surface area contributed by atoms with Crippen LogP contribution in [0.4, 0.5) is 11.5 Å². The molecule has 8 heteroatoms. The van der Waals surface area contributed by atoms with E-state index in [4.69, 9.17) is 5.11 Å². The number of hydrogen-bond donors (Lipinski definition) is 2. The number of anilines is 1. The van der Waals surface area contributed by atoms with Crippen molar-refractivity contribution in [2.24, 2.45) is 0 Å². The normalized spacial score (nSPS) is 10.4. The molecule has 19 heavy (non-hydrogen) atoms. The van der Waals surface area contributed by atoms with Crippen molar-refractivity contribution in [2.75, 3.05) is 5.32 Å². The smallest absolute Gasteiger partial charge is 0.311 e. The van der Waals surface area contributed by atoms with Crippen molar-refractivity contribution in [3.8, 4) is 0 Å². The molecule has 0 radical (unpaired) electrons. The van der Waals surface area contributed by atoms with Crippen LogP contribution in [0.25, 0.3) is 0 Å². The number of hydrogen-bond acceptors (Lipinski definition) is 7. The van der Waals surface area contributed by atoms with Crippen molar-refractivity contribution in [3.05, 3.63) is 44.0 Å². The first kappa shape index (κ1) is 13.4. The molecule has 0 atom stereocenters. The van der Waals surface area contributed by atoms with E-state index in [1.54, 1.807) is 18.4 Å². The maximum absolute atomic E-state index is 10.9. The van der Waals surface area contributed by atoms with Crippen LogP contribution in [0.15, 0.2) is 17.5 Å². The molecule has 0 saturated heterocycles. The Morgan fingerprint density at radius 1 is 1.47 bits per heavy atom. The van der Waals surface area contributed by atoms with Gasteiger partial charge in [0.2, 0.25) is 5.82 Å². The zero-order valence-corrected chi connectivity index (χ0v) is 11.0. The third-order valence-corrected chi connectivity index (χ3v) is 3.28. The third kappa shape index (κ3) is 3.24. The van der Waals surface area contributed by atoms with Gasteiger partial charge in [0.1, 0.15) is 5.01 Å². The number of aryl methyl sites for hydroxylation is 1. The quantitative estimate of drug-likeness (QED) is 0.640. The first-order chi connectivity index (χ1) is 9.10. The molecule has 0 spiro atoms. The summed E-state index contributed by atoms with van der Waals surface area (Å²) < 4.78 is 0. The topological polar surface area (TPSA) is 101 Å². The molecule has 7 nitrogen and oxygen atoms in total. The molecule has 0 saturated carbocycles. The van der Waals surface area contributed by atoms with Gasteiger partial charge in [-0.15, -0.1) is 11.3 Å². The van der Waals surface area contributed by atoms with Crippen LogP contribution >= 0.6 is 11.3 Å². The molecule has 0 unspecified atom stereocenters. The minimum atomic E-state index is -0.476. The lowest BCUT2D eigenvalue weighted by molar-refractivity contribution is -0.384. The van der Waals surface area contributed by atoms with Gasteiger partial charge in [-0.2, -0.15) is 0 Å². The zero-order chi connectivity index (χ0) is 13.8. The van der Waals surface area contributed by atoms with E-state index in [1.807, 2.05) is 0 Å². The van der Waals surface area contributed by atoms with Gasteiger partial charge in [0, 0.05) is 17.1 Å². The second kappa shape index (κ2) is 5.72. The highest BCUT2D eigenvalue weighted by Crippen LogP contribution is 2.23. The van der Waals surface area contributed by atoms with Gasteiger partial charge in [0.25, 0.3) is 0 Å². The van der Waals surface area contributed by atoms with Gasteiger partial charge in [0.05, 0.1) is 23.8 Å². The summed E-state index contributed by atoms with van der Waals surface area (Å²) in [5, 5.41) is 25.2. The Bertz CT molecular complexity index is 599. The average molecular weight is 280 g/mol. The van der Waals surface area contributed by atoms with Crippen LogP contribution in [0.2, 0.25) is 0 Å². The van der Waals surface area contributed by atoms with Gasteiger partial charge in [-0.3, -0.25) is 10.1 Å². The summed E-state index contributed by atoms with van der Waals surface area (Å²) in [4.78, 5) is 18.7. The SMILES string of the molecule is Cc1ccc([N+](=O)[O-])c(NCc2nc(CO)cs2)n1. The van der Waals surface area contributed by atoms with Gasteiger partial charge in [0.15, 0.2) is 0 Å². The highest BCUT2D eigenvalue weighted by atomic mass is 32.1. The Morgan fingerprint density at radius 3 is 2.89 bits per heavy atom. The number of nitrogens with one attached hydrogen (secondary N) is 1. The molecular formula is C11H12N4O3S. The van der Waals surface area contributed by atoms with Crippen LogP contribution in [0.3, 0.4) is 0 Å². The lowest BCUT2D eigenvalue weighted by atomic mass is 10.3. The zero-order valence-electron chi connectivity index (χ0n) is 10.2. The first-order valence-electron chi connectivity index (χ1n) is 5.50. The van der Waals surface area contributed by atoms with E-state index in [2.05, 4.69) is 15.3 Å². The molecule has 0 aromatic carbocycles. The van der Waals surface area contributed by atoms with Crippen molar-refractivity contribution < 1.29 is 10.0 Å². The molecule has 0 bridgehead atoms. The van der Waals surface area contributed by atoms with E-state index < -0.39 is 4.92 Å². The van der Waals surface area contributed by atoms with E-state index in [1.165, 1.54) is 17.4 Å². The fourth-order valence-electron chi connectivity index (χ4n) is 1.49. The molecule has 0 aliphatic heterocycles. The van der Waals surface area contributed by atoms with Crippen LogP contribution in [-0.4, -0.2) is 20.0 Å². The summed E-state index contributed by atoms with van der Waals surface area (Å²) in [6.07, 6.45) is 0. The van der Waals surface area contributed by atoms with Gasteiger partial charge in [-0.1, -0.05) is 0 Å². The number of thiazole rings is 1. The summed E-state index contributed by atoms with van der Waals surface area (Å²) >= 11 is 1.38. The van der Waals surface area contributed by atoms with E-state index in [0.717, 1.165) is 5.01 Å². The molecule has 2 aromatic heterocycles. The van der Waals surface area contributed by atoms with E-state index in [-0.39, 0.29) is 18.1 Å². The van der Waals surface area contributed by atoms with Crippen molar-refractivity contribution >= 4 is 22.8 Å². The fraction of sp³-hybridized carbons (Fsp3) is 0.273. The van der Waals surface area contributed by atoms with Gasteiger partial charge in [-0.05, 0) is 13.0 Å². The second-order valence-corrected chi connectivity index (χ2v) is 4.76. The van der Waals surface area contributed by atoms with E-state index >= 15 is 0 Å². The van der Waals surface area contributed by atoms with E-state index in [0.29, 0.717) is 17.9 Å². The number of rotatable bonds is 5. The molecule has 0 amide bonds. The average Bonchev–Trinajstić information content (AvgIpc) is 2.84. The van der Waals surface area contributed by atoms with Crippen LogP contribution in [-0.2, 0) is 13.2 Å². The summed E-state index contributed by atoms with van der Waals surface area (Å²) in [5.74, 6) is 0.228. The molecule has 0 aliphatic carbocycles. The molecule has 0 aliphatic rings. The lowest BCUT2D eigenvalue weighted by Crippen LogP contribution is -2.05. The van der Waals surface area contributed by atoms with Crippen LogP contribution < -0.4 is 5.32 Å². The molecular weight excluding hydrogens is 268 g/mol. The molecule has 2 rings (SSSR count). The standard InChI is InChI=1S/C11H12N4O3S/c1-7-2-3-9(15(17)18)11(13-7)12-4-10-14-8(5-16)6-19-10/h2-3,6,16H,4-5H2,1H3,(H,12,13). The highest BCUT2D eigenvalue weighted by molar-refractivity contribution is 7.09. The highest BCUT2D eigenvalue weighted by Gasteiger charge is 2.15. The Balaban J connectivity index is 2.14. The largest absolute Gasteiger partial charge is 0.390 e. The summed E-state index contributed by atoms with van der Waals surface area (Å²) in [7, 11) is 0. The minimum Gasteiger partial charge on any atom is -0.390 e. The number of aliphatic hydroxyl groups is 1. The monoisotopic (exact) mass is 280 g/mol. The Kier molecular flexibility index (Phi) is 4.03. The predicted molar refractivity (Wildman–Crippen MR) is 71.0 cm³/mol. The molecule has 2 heterocycles. The summed E-state index contributed by atoms with van der Waals surface area (Å²) in [5.41, 5.74) is 1.22. The number of aromatic nitrogens is 2. The van der Waals surface area contributed by atoms with Gasteiger partial charge in [-0.25, -0.2) is 9.97 Å². The van der Waals surface area contributed by atoms with Crippen molar-refractivity contribution in [3.63, 3.8) is 0 Å².